The first kappa shape index (κ1) is 18.0. The number of amides is 1. The van der Waals surface area contributed by atoms with Gasteiger partial charge in [-0.05, 0) is 12.1 Å². The minimum absolute atomic E-state index is 0.119. The SMILES string of the molecule is COCCOCCOCCOC(=O)Nc1ccc(N)c(N)n1. The van der Waals surface area contributed by atoms with Crippen LogP contribution < -0.4 is 16.8 Å². The Hall–Kier alpha value is -2.10. The van der Waals surface area contributed by atoms with Crippen molar-refractivity contribution >= 4 is 23.4 Å². The van der Waals surface area contributed by atoms with E-state index < -0.39 is 6.09 Å². The van der Waals surface area contributed by atoms with Gasteiger partial charge in [0.15, 0.2) is 0 Å². The number of nitrogens with zero attached hydrogens (tertiary/aromatic N) is 1. The zero-order valence-electron chi connectivity index (χ0n) is 12.5. The number of carbonyl (C=O) groups excluding carboxylic acids is 1. The number of hydrogen-bond acceptors (Lipinski definition) is 8. The molecule has 0 spiro atoms. The number of nitrogens with one attached hydrogen (secondary N) is 1. The highest BCUT2D eigenvalue weighted by molar-refractivity contribution is 5.84. The molecule has 0 aliphatic rings. The molecule has 0 aliphatic carbocycles. The van der Waals surface area contributed by atoms with E-state index in [2.05, 4.69) is 10.3 Å². The molecule has 0 saturated heterocycles. The monoisotopic (exact) mass is 314 g/mol. The van der Waals surface area contributed by atoms with Crippen LogP contribution in [0.3, 0.4) is 0 Å². The van der Waals surface area contributed by atoms with Crippen molar-refractivity contribution in [3.05, 3.63) is 12.1 Å². The summed E-state index contributed by atoms with van der Waals surface area (Å²) in [6.45, 7) is 2.35. The highest BCUT2D eigenvalue weighted by Gasteiger charge is 2.05. The molecular formula is C13H22N4O5. The lowest BCUT2D eigenvalue weighted by Gasteiger charge is -2.08. The van der Waals surface area contributed by atoms with Crippen LogP contribution in [0.5, 0.6) is 0 Å². The van der Waals surface area contributed by atoms with Crippen LogP contribution in [0.15, 0.2) is 12.1 Å². The van der Waals surface area contributed by atoms with Gasteiger partial charge in [-0.25, -0.2) is 9.78 Å². The van der Waals surface area contributed by atoms with Crippen LogP contribution in [-0.2, 0) is 18.9 Å². The van der Waals surface area contributed by atoms with Crippen molar-refractivity contribution in [3.8, 4) is 0 Å². The Labute approximate surface area is 128 Å². The molecule has 124 valence electrons. The van der Waals surface area contributed by atoms with E-state index in [0.29, 0.717) is 32.1 Å². The molecule has 0 aliphatic heterocycles. The Bertz CT molecular complexity index is 458. The third-order valence-corrected chi connectivity index (χ3v) is 2.45. The third-order valence-electron chi connectivity index (χ3n) is 2.45. The number of aromatic nitrogens is 1. The Morgan fingerprint density at radius 2 is 1.73 bits per heavy atom. The van der Waals surface area contributed by atoms with E-state index in [1.807, 2.05) is 0 Å². The van der Waals surface area contributed by atoms with E-state index in [-0.39, 0.29) is 24.8 Å². The zero-order chi connectivity index (χ0) is 16.2. The number of ether oxygens (including phenoxy) is 4. The molecule has 1 aromatic heterocycles. The van der Waals surface area contributed by atoms with Crippen molar-refractivity contribution in [1.29, 1.82) is 0 Å². The van der Waals surface area contributed by atoms with Crippen molar-refractivity contribution in [2.24, 2.45) is 0 Å². The van der Waals surface area contributed by atoms with Gasteiger partial charge in [0.05, 0.1) is 38.7 Å². The molecule has 1 aromatic rings. The lowest BCUT2D eigenvalue weighted by Crippen LogP contribution is -2.18. The fourth-order valence-corrected chi connectivity index (χ4v) is 1.35. The number of pyridine rings is 1. The highest BCUT2D eigenvalue weighted by Crippen LogP contribution is 2.14. The average Bonchev–Trinajstić information content (AvgIpc) is 2.49. The number of methoxy groups -OCH3 is 1. The molecule has 0 fully saturated rings. The summed E-state index contributed by atoms with van der Waals surface area (Å²) < 4.78 is 20.2. The summed E-state index contributed by atoms with van der Waals surface area (Å²) >= 11 is 0. The number of carbonyl (C=O) groups is 1. The Kier molecular flexibility index (Phi) is 8.65. The minimum atomic E-state index is -0.642. The van der Waals surface area contributed by atoms with Crippen molar-refractivity contribution < 1.29 is 23.7 Å². The Balaban J connectivity index is 2.05. The molecule has 5 N–H and O–H groups in total. The molecule has 22 heavy (non-hydrogen) atoms. The molecule has 0 radical (unpaired) electrons. The zero-order valence-corrected chi connectivity index (χ0v) is 12.5. The first-order valence-electron chi connectivity index (χ1n) is 6.73. The average molecular weight is 314 g/mol. The van der Waals surface area contributed by atoms with Crippen molar-refractivity contribution in [3.63, 3.8) is 0 Å². The molecule has 1 amide bonds. The van der Waals surface area contributed by atoms with Crippen molar-refractivity contribution in [2.45, 2.75) is 0 Å². The van der Waals surface area contributed by atoms with Gasteiger partial charge in [0, 0.05) is 7.11 Å². The second kappa shape index (κ2) is 10.6. The molecule has 0 bridgehead atoms. The molecule has 0 atom stereocenters. The van der Waals surface area contributed by atoms with Crippen LogP contribution in [0.4, 0.5) is 22.1 Å². The van der Waals surface area contributed by atoms with Crippen LogP contribution in [0.25, 0.3) is 0 Å². The van der Waals surface area contributed by atoms with Crippen molar-refractivity contribution in [2.75, 3.05) is 63.5 Å². The largest absolute Gasteiger partial charge is 0.447 e. The van der Waals surface area contributed by atoms with Gasteiger partial charge < -0.3 is 30.4 Å². The summed E-state index contributed by atoms with van der Waals surface area (Å²) in [6, 6.07) is 3.07. The van der Waals surface area contributed by atoms with Gasteiger partial charge in [-0.2, -0.15) is 0 Å². The molecular weight excluding hydrogens is 292 g/mol. The number of anilines is 3. The lowest BCUT2D eigenvalue weighted by atomic mass is 10.4. The molecule has 9 heteroatoms. The maximum atomic E-state index is 11.5. The maximum absolute atomic E-state index is 11.5. The minimum Gasteiger partial charge on any atom is -0.447 e. The first-order valence-corrected chi connectivity index (χ1v) is 6.73. The second-order valence-corrected chi connectivity index (χ2v) is 4.15. The van der Waals surface area contributed by atoms with Gasteiger partial charge in [-0.15, -0.1) is 0 Å². The molecule has 0 saturated carbocycles. The van der Waals surface area contributed by atoms with E-state index in [1.165, 1.54) is 6.07 Å². The summed E-state index contributed by atoms with van der Waals surface area (Å²) in [4.78, 5) is 15.4. The number of hydrogen-bond donors (Lipinski definition) is 3. The predicted molar refractivity (Wildman–Crippen MR) is 81.5 cm³/mol. The van der Waals surface area contributed by atoms with Gasteiger partial charge >= 0.3 is 6.09 Å². The quantitative estimate of drug-likeness (QED) is 0.531. The molecule has 1 rings (SSSR count). The van der Waals surface area contributed by atoms with E-state index in [0.717, 1.165) is 0 Å². The normalized spacial score (nSPS) is 10.4. The summed E-state index contributed by atoms with van der Waals surface area (Å²) in [5, 5.41) is 2.43. The van der Waals surface area contributed by atoms with Crippen LogP contribution >= 0.6 is 0 Å². The fourth-order valence-electron chi connectivity index (χ4n) is 1.35. The highest BCUT2D eigenvalue weighted by atomic mass is 16.6. The van der Waals surface area contributed by atoms with Crippen LogP contribution in [0.1, 0.15) is 0 Å². The van der Waals surface area contributed by atoms with Gasteiger partial charge in [-0.1, -0.05) is 0 Å². The third kappa shape index (κ3) is 7.62. The van der Waals surface area contributed by atoms with E-state index in [4.69, 9.17) is 30.4 Å². The molecule has 0 aromatic carbocycles. The molecule has 1 heterocycles. The first-order chi connectivity index (χ1) is 10.6. The van der Waals surface area contributed by atoms with Crippen LogP contribution in [0, 0.1) is 0 Å². The Morgan fingerprint density at radius 3 is 2.36 bits per heavy atom. The van der Waals surface area contributed by atoms with Gasteiger partial charge in [0.25, 0.3) is 0 Å². The number of nitrogens with two attached hydrogens (primary N) is 2. The lowest BCUT2D eigenvalue weighted by molar-refractivity contribution is 0.0141. The van der Waals surface area contributed by atoms with E-state index >= 15 is 0 Å². The van der Waals surface area contributed by atoms with Crippen molar-refractivity contribution in [1.82, 2.24) is 4.98 Å². The van der Waals surface area contributed by atoms with Crippen LogP contribution in [-0.4, -0.2) is 57.8 Å². The standard InChI is InChI=1S/C13H22N4O5/c1-19-4-5-20-6-7-21-8-9-22-13(18)17-11-3-2-10(14)12(15)16-11/h2-3H,4-9,14H2,1H3,(H3,15,16,17,18). The number of rotatable bonds is 10. The summed E-state index contributed by atoms with van der Waals surface area (Å²) in [7, 11) is 1.61. The topological polar surface area (TPSA) is 131 Å². The van der Waals surface area contributed by atoms with E-state index in [1.54, 1.807) is 13.2 Å². The number of nitrogen functional groups attached to an aromatic ring is 2. The fraction of sp³-hybridized carbons (Fsp3) is 0.538. The summed E-state index contributed by atoms with van der Waals surface area (Å²) in [6.07, 6.45) is -0.642. The van der Waals surface area contributed by atoms with Gasteiger partial charge in [0.1, 0.15) is 18.2 Å². The van der Waals surface area contributed by atoms with E-state index in [9.17, 15) is 4.79 Å². The Morgan fingerprint density at radius 1 is 1.09 bits per heavy atom. The smallest absolute Gasteiger partial charge is 0.412 e. The predicted octanol–water partition coefficient (Wildman–Crippen LogP) is 0.474. The van der Waals surface area contributed by atoms with Gasteiger partial charge in [0.2, 0.25) is 0 Å². The van der Waals surface area contributed by atoms with Crippen LogP contribution in [0.2, 0.25) is 0 Å². The summed E-state index contributed by atoms with van der Waals surface area (Å²) in [5.74, 6) is 0.416. The maximum Gasteiger partial charge on any atom is 0.412 e. The molecule has 9 nitrogen and oxygen atoms in total. The summed E-state index contributed by atoms with van der Waals surface area (Å²) in [5.41, 5.74) is 11.4. The molecule has 0 unspecified atom stereocenters. The van der Waals surface area contributed by atoms with Gasteiger partial charge in [-0.3, -0.25) is 5.32 Å². The second-order valence-electron chi connectivity index (χ2n) is 4.15.